The number of benzene rings is 7. The zero-order valence-corrected chi connectivity index (χ0v) is 29.7. The molecule has 2 aliphatic heterocycles. The van der Waals surface area contributed by atoms with E-state index in [0.717, 1.165) is 54.6 Å². The van der Waals surface area contributed by atoms with Crippen molar-refractivity contribution in [1.29, 1.82) is 0 Å². The van der Waals surface area contributed by atoms with Crippen LogP contribution in [0.3, 0.4) is 0 Å². The van der Waals surface area contributed by atoms with Gasteiger partial charge in [-0.3, -0.25) is 29.0 Å². The smallest absolute Gasteiger partial charge is 0.261 e. The van der Waals surface area contributed by atoms with Crippen molar-refractivity contribution in [3.05, 3.63) is 119 Å². The minimum atomic E-state index is -0.274. The van der Waals surface area contributed by atoms with Crippen molar-refractivity contribution in [2.45, 2.75) is 65.5 Å². The summed E-state index contributed by atoms with van der Waals surface area (Å²) >= 11 is 0. The Hall–Kier alpha value is -5.88. The molecule has 2 aliphatic rings. The topological polar surface area (TPSA) is 74.8 Å². The summed E-state index contributed by atoms with van der Waals surface area (Å²) in [6, 6.07) is 31.3. The van der Waals surface area contributed by atoms with Crippen LogP contribution in [0, 0.1) is 0 Å². The molecule has 0 saturated heterocycles. The van der Waals surface area contributed by atoms with E-state index in [-0.39, 0.29) is 35.7 Å². The Morgan fingerprint density at radius 1 is 0.385 bits per heavy atom. The van der Waals surface area contributed by atoms with Crippen LogP contribution in [0.15, 0.2) is 97.1 Å². The van der Waals surface area contributed by atoms with Crippen LogP contribution in [0.2, 0.25) is 0 Å². The molecule has 0 N–H and O–H groups in total. The zero-order chi connectivity index (χ0) is 36.0. The summed E-state index contributed by atoms with van der Waals surface area (Å²) in [5, 5.41) is 6.57. The number of nitrogens with zero attached hydrogens (tertiary/aromatic N) is 2. The van der Waals surface area contributed by atoms with E-state index in [4.69, 9.17) is 0 Å². The van der Waals surface area contributed by atoms with E-state index in [2.05, 4.69) is 0 Å². The van der Waals surface area contributed by atoms with Gasteiger partial charge in [-0.1, -0.05) is 100 Å². The van der Waals surface area contributed by atoms with Crippen LogP contribution in [0.25, 0.3) is 65.3 Å². The third-order valence-corrected chi connectivity index (χ3v) is 11.7. The molecule has 4 amide bonds. The van der Waals surface area contributed by atoms with E-state index >= 15 is 0 Å². The third kappa shape index (κ3) is 4.18. The van der Waals surface area contributed by atoms with Gasteiger partial charge in [0, 0.05) is 45.1 Å². The lowest BCUT2D eigenvalue weighted by molar-refractivity contribution is 0.0514. The lowest BCUT2D eigenvalue weighted by atomic mass is 9.77. The molecular formula is C46H38N2O4. The van der Waals surface area contributed by atoms with Gasteiger partial charge < -0.3 is 0 Å². The molecule has 0 aliphatic carbocycles. The van der Waals surface area contributed by atoms with Crippen molar-refractivity contribution in [2.75, 3.05) is 0 Å². The van der Waals surface area contributed by atoms with E-state index in [1.807, 2.05) is 125 Å². The predicted molar refractivity (Wildman–Crippen MR) is 208 cm³/mol. The van der Waals surface area contributed by atoms with Crippen molar-refractivity contribution in [2.24, 2.45) is 0 Å². The van der Waals surface area contributed by atoms with Gasteiger partial charge in [-0.25, -0.2) is 0 Å². The van der Waals surface area contributed by atoms with Gasteiger partial charge in [0.05, 0.1) is 0 Å². The molecule has 0 radical (unpaired) electrons. The van der Waals surface area contributed by atoms with E-state index in [1.165, 1.54) is 9.80 Å². The molecule has 0 fully saturated rings. The predicted octanol–water partition coefficient (Wildman–Crippen LogP) is 10.6. The number of hydrogen-bond acceptors (Lipinski definition) is 4. The van der Waals surface area contributed by atoms with Crippen LogP contribution in [0.5, 0.6) is 0 Å². The molecule has 0 saturated carbocycles. The van der Waals surface area contributed by atoms with Gasteiger partial charge in [-0.05, 0) is 105 Å². The number of imide groups is 2. The minimum absolute atomic E-state index is 0.216. The van der Waals surface area contributed by atoms with E-state index < -0.39 is 0 Å². The monoisotopic (exact) mass is 682 g/mol. The molecule has 52 heavy (non-hydrogen) atoms. The summed E-state index contributed by atoms with van der Waals surface area (Å²) in [5.74, 6) is -1.09. The first-order valence-electron chi connectivity index (χ1n) is 18.5. The fourth-order valence-electron chi connectivity index (χ4n) is 9.17. The maximum Gasteiger partial charge on any atom is 0.261 e. The van der Waals surface area contributed by atoms with E-state index in [1.54, 1.807) is 0 Å². The Bertz CT molecular complexity index is 2470. The highest BCUT2D eigenvalue weighted by Gasteiger charge is 2.41. The Labute approximate surface area is 302 Å². The molecule has 6 nitrogen and oxygen atoms in total. The summed E-state index contributed by atoms with van der Waals surface area (Å²) in [4.78, 5) is 60.8. The van der Waals surface area contributed by atoms with Crippen LogP contribution >= 0.6 is 0 Å². The molecule has 7 aromatic carbocycles. The normalized spacial score (nSPS) is 14.5. The third-order valence-electron chi connectivity index (χ3n) is 11.7. The van der Waals surface area contributed by atoms with Crippen LogP contribution < -0.4 is 0 Å². The largest absolute Gasteiger partial charge is 0.271 e. The number of carbonyl (C=O) groups is 4. The lowest BCUT2D eigenvalue weighted by Gasteiger charge is -2.35. The average Bonchev–Trinajstić information content (AvgIpc) is 3.18. The van der Waals surface area contributed by atoms with Crippen molar-refractivity contribution in [3.8, 4) is 22.3 Å². The van der Waals surface area contributed by atoms with Crippen LogP contribution in [0.1, 0.15) is 94.8 Å². The highest BCUT2D eigenvalue weighted by atomic mass is 16.2. The lowest BCUT2D eigenvalue weighted by Crippen LogP contribution is -2.46. The van der Waals surface area contributed by atoms with Gasteiger partial charge in [0.1, 0.15) is 0 Å². The van der Waals surface area contributed by atoms with E-state index in [0.29, 0.717) is 58.7 Å². The molecule has 7 aromatic rings. The van der Waals surface area contributed by atoms with Crippen molar-refractivity contribution in [1.82, 2.24) is 9.80 Å². The summed E-state index contributed by atoms with van der Waals surface area (Å²) < 4.78 is 0. The fraction of sp³-hybridized carbons (Fsp3) is 0.217. The highest BCUT2D eigenvalue weighted by Crippen LogP contribution is 2.52. The Morgan fingerprint density at radius 3 is 1.08 bits per heavy atom. The Balaban J connectivity index is 1.52. The molecule has 2 heterocycles. The first-order chi connectivity index (χ1) is 25.3. The SMILES string of the molecule is CCC(CC)N1C(=O)c2ccc3c4c(-c5ccccc5)cc5c6c(ccc(c7c(-c8ccccc8)cc(c2c37)C1=O)c64)C(=O)N(C(CC)CC)C5=O. The second-order valence-corrected chi connectivity index (χ2v) is 14.1. The second kappa shape index (κ2) is 11.8. The van der Waals surface area contributed by atoms with Crippen LogP contribution in [0.4, 0.5) is 0 Å². The molecule has 0 bridgehead atoms. The molecule has 0 spiro atoms. The van der Waals surface area contributed by atoms with Gasteiger partial charge >= 0.3 is 0 Å². The molecule has 6 heteroatoms. The molecular weight excluding hydrogens is 645 g/mol. The van der Waals surface area contributed by atoms with Crippen LogP contribution in [-0.2, 0) is 0 Å². The zero-order valence-electron chi connectivity index (χ0n) is 29.7. The van der Waals surface area contributed by atoms with Crippen molar-refractivity contribution < 1.29 is 19.2 Å². The number of hydrogen-bond donors (Lipinski definition) is 0. The number of carbonyl (C=O) groups excluding carboxylic acids is 4. The van der Waals surface area contributed by atoms with Gasteiger partial charge in [0.15, 0.2) is 0 Å². The summed E-state index contributed by atoms with van der Waals surface area (Å²) in [6.45, 7) is 8.05. The fourth-order valence-corrected chi connectivity index (χ4v) is 9.17. The number of amides is 4. The maximum absolute atomic E-state index is 14.6. The van der Waals surface area contributed by atoms with Crippen molar-refractivity contribution in [3.63, 3.8) is 0 Å². The van der Waals surface area contributed by atoms with Crippen molar-refractivity contribution >= 4 is 66.7 Å². The standard InChI is InChI=1S/C46H38N2O4/c1-5-27(6-2)47-43(49)31-21-19-29-38-34(26-17-13-10-14-18-26)24-36-40-32(44(50)48(46(36)52)28(7-3)8-4)22-20-30(42(38)40)37-33(25-15-11-9-12-16-25)23-35(45(47)51)39(31)41(29)37/h9-24,27-28H,5-8H2,1-4H3. The average molecular weight is 683 g/mol. The van der Waals surface area contributed by atoms with Gasteiger partial charge in [0.25, 0.3) is 23.6 Å². The first kappa shape index (κ1) is 32.1. The molecule has 0 aromatic heterocycles. The quantitative estimate of drug-likeness (QED) is 0.0908. The molecule has 0 atom stereocenters. The summed E-state index contributed by atoms with van der Waals surface area (Å²) in [5.41, 5.74) is 5.67. The van der Waals surface area contributed by atoms with E-state index in [9.17, 15) is 19.2 Å². The first-order valence-corrected chi connectivity index (χ1v) is 18.5. The number of fused-ring (bicyclic) bond motifs is 2. The van der Waals surface area contributed by atoms with Gasteiger partial charge in [-0.2, -0.15) is 0 Å². The van der Waals surface area contributed by atoms with Gasteiger partial charge in [-0.15, -0.1) is 0 Å². The van der Waals surface area contributed by atoms with Crippen LogP contribution in [-0.4, -0.2) is 45.5 Å². The maximum atomic E-state index is 14.6. The molecule has 256 valence electrons. The highest BCUT2D eigenvalue weighted by molar-refractivity contribution is 6.44. The Morgan fingerprint density at radius 2 is 0.731 bits per heavy atom. The Kier molecular flexibility index (Phi) is 7.30. The second-order valence-electron chi connectivity index (χ2n) is 14.1. The minimum Gasteiger partial charge on any atom is -0.271 e. The molecule has 9 rings (SSSR count). The molecule has 0 unspecified atom stereocenters. The summed E-state index contributed by atoms with van der Waals surface area (Å²) in [7, 11) is 0. The number of rotatable bonds is 8. The summed E-state index contributed by atoms with van der Waals surface area (Å²) in [6.07, 6.45) is 2.67. The van der Waals surface area contributed by atoms with Gasteiger partial charge in [0.2, 0.25) is 0 Å².